The molecule has 1 saturated carbocycles. The van der Waals surface area contributed by atoms with Crippen molar-refractivity contribution < 1.29 is 23.5 Å². The summed E-state index contributed by atoms with van der Waals surface area (Å²) < 4.78 is 19.8. The van der Waals surface area contributed by atoms with Crippen molar-refractivity contribution in [3.05, 3.63) is 83.2 Å². The first kappa shape index (κ1) is 25.7. The topological polar surface area (TPSA) is 91.6 Å². The van der Waals surface area contributed by atoms with Crippen LogP contribution in [0.2, 0.25) is 0 Å². The van der Waals surface area contributed by atoms with Gasteiger partial charge in [0.05, 0.1) is 11.7 Å². The van der Waals surface area contributed by atoms with Gasteiger partial charge in [-0.3, -0.25) is 9.59 Å². The van der Waals surface area contributed by atoms with Crippen LogP contribution in [-0.4, -0.2) is 35.6 Å². The van der Waals surface area contributed by atoms with Gasteiger partial charge in [-0.25, -0.2) is 4.39 Å². The van der Waals surface area contributed by atoms with E-state index >= 15 is 0 Å². The molecule has 4 aromatic rings. The molecule has 3 aromatic carbocycles. The molecule has 0 unspecified atom stereocenters. The molecule has 0 aliphatic heterocycles. The number of aliphatic hydroxyl groups excluding tert-OH is 1. The zero-order valence-corrected chi connectivity index (χ0v) is 21.7. The standard InChI is InChI=1S/C31H31FN2O4/c1-4-6-19-14-26-25(27(30(37)33-3)28(38-26)18-9-11-22(32)12-10-18)15-24(19)20-7-5-8-21(13-20)29(36)34-31(2)16-23(35)17-31/h5,7-15,23,35H,4,6,16-17H2,1-3H3,(H,33,37)(H,34,36). The minimum Gasteiger partial charge on any atom is -0.455 e. The van der Waals surface area contributed by atoms with Crippen molar-refractivity contribution in [1.29, 1.82) is 0 Å². The molecule has 5 rings (SSSR count). The molecule has 0 spiro atoms. The van der Waals surface area contributed by atoms with Crippen molar-refractivity contribution in [1.82, 2.24) is 10.6 Å². The fourth-order valence-electron chi connectivity index (χ4n) is 5.34. The first-order chi connectivity index (χ1) is 18.2. The van der Waals surface area contributed by atoms with Crippen LogP contribution in [0.5, 0.6) is 0 Å². The second-order valence-electron chi connectivity index (χ2n) is 10.3. The van der Waals surface area contributed by atoms with E-state index < -0.39 is 5.54 Å². The summed E-state index contributed by atoms with van der Waals surface area (Å²) >= 11 is 0. The van der Waals surface area contributed by atoms with Gasteiger partial charge in [-0.1, -0.05) is 25.5 Å². The highest BCUT2D eigenvalue weighted by Crippen LogP contribution is 2.39. The SMILES string of the molecule is CCCc1cc2oc(-c3ccc(F)cc3)c(C(=O)NC)c2cc1-c1cccc(C(=O)NC2(C)CC(O)C2)c1. The molecule has 1 aliphatic rings. The predicted molar refractivity (Wildman–Crippen MR) is 146 cm³/mol. The quantitative estimate of drug-likeness (QED) is 0.288. The summed E-state index contributed by atoms with van der Waals surface area (Å²) in [5.74, 6) is -0.484. The van der Waals surface area contributed by atoms with E-state index in [1.807, 2.05) is 37.3 Å². The van der Waals surface area contributed by atoms with E-state index in [1.165, 1.54) is 12.1 Å². The van der Waals surface area contributed by atoms with E-state index in [4.69, 9.17) is 4.42 Å². The molecular weight excluding hydrogens is 483 g/mol. The molecule has 0 radical (unpaired) electrons. The van der Waals surface area contributed by atoms with Crippen LogP contribution in [0.25, 0.3) is 33.4 Å². The Bertz CT molecular complexity index is 1520. The minimum absolute atomic E-state index is 0.188. The zero-order valence-electron chi connectivity index (χ0n) is 21.7. The average molecular weight is 515 g/mol. The second-order valence-corrected chi connectivity index (χ2v) is 10.3. The number of hydrogen-bond donors (Lipinski definition) is 3. The van der Waals surface area contributed by atoms with Gasteiger partial charge in [0, 0.05) is 29.1 Å². The average Bonchev–Trinajstić information content (AvgIpc) is 3.26. The van der Waals surface area contributed by atoms with Crippen molar-refractivity contribution >= 4 is 22.8 Å². The molecule has 1 aromatic heterocycles. The molecule has 0 atom stereocenters. The van der Waals surface area contributed by atoms with E-state index in [2.05, 4.69) is 17.6 Å². The number of furan rings is 1. The van der Waals surface area contributed by atoms with Crippen molar-refractivity contribution in [2.24, 2.45) is 0 Å². The summed E-state index contributed by atoms with van der Waals surface area (Å²) in [6.45, 7) is 4.03. The molecule has 0 bridgehead atoms. The molecule has 7 heteroatoms. The van der Waals surface area contributed by atoms with Gasteiger partial charge in [0.15, 0.2) is 0 Å². The smallest absolute Gasteiger partial charge is 0.255 e. The van der Waals surface area contributed by atoms with Gasteiger partial charge in [-0.15, -0.1) is 0 Å². The lowest BCUT2D eigenvalue weighted by Gasteiger charge is -2.43. The molecule has 0 saturated heterocycles. The van der Waals surface area contributed by atoms with E-state index in [0.29, 0.717) is 46.3 Å². The van der Waals surface area contributed by atoms with Gasteiger partial charge in [-0.2, -0.15) is 0 Å². The summed E-state index contributed by atoms with van der Waals surface area (Å²) in [5.41, 5.74) is 4.48. The van der Waals surface area contributed by atoms with Crippen LogP contribution in [0.4, 0.5) is 4.39 Å². The zero-order chi connectivity index (χ0) is 27.0. The molecule has 3 N–H and O–H groups in total. The highest BCUT2D eigenvalue weighted by molar-refractivity contribution is 6.12. The normalized spacial score (nSPS) is 18.7. The summed E-state index contributed by atoms with van der Waals surface area (Å²) in [4.78, 5) is 26.1. The van der Waals surface area contributed by atoms with Gasteiger partial charge in [0.2, 0.25) is 0 Å². The third-order valence-electron chi connectivity index (χ3n) is 7.22. The van der Waals surface area contributed by atoms with Crippen LogP contribution in [0, 0.1) is 5.82 Å². The van der Waals surface area contributed by atoms with E-state index in [1.54, 1.807) is 25.2 Å². The highest BCUT2D eigenvalue weighted by Gasteiger charge is 2.40. The van der Waals surface area contributed by atoms with Gasteiger partial charge in [-0.05, 0) is 91.4 Å². The maximum absolute atomic E-state index is 13.6. The second kappa shape index (κ2) is 10.1. The number of hydrogen-bond acceptors (Lipinski definition) is 4. The number of aliphatic hydroxyl groups is 1. The molecule has 1 heterocycles. The molecule has 2 amide bonds. The fraction of sp³-hybridized carbons (Fsp3) is 0.290. The maximum atomic E-state index is 13.6. The number of benzene rings is 3. The molecule has 6 nitrogen and oxygen atoms in total. The number of carbonyl (C=O) groups is 2. The number of halogens is 1. The number of carbonyl (C=O) groups excluding carboxylic acids is 2. The molecule has 38 heavy (non-hydrogen) atoms. The van der Waals surface area contributed by atoms with Gasteiger partial charge >= 0.3 is 0 Å². The molecule has 1 fully saturated rings. The van der Waals surface area contributed by atoms with Crippen LogP contribution in [0.15, 0.2) is 65.1 Å². The third kappa shape index (κ3) is 4.82. The van der Waals surface area contributed by atoms with Gasteiger partial charge < -0.3 is 20.2 Å². The molecule has 1 aliphatic carbocycles. The fourth-order valence-corrected chi connectivity index (χ4v) is 5.34. The largest absolute Gasteiger partial charge is 0.455 e. The van der Waals surface area contributed by atoms with E-state index in [0.717, 1.165) is 29.5 Å². The Labute approximate surface area is 220 Å². The Morgan fingerprint density at radius 2 is 1.79 bits per heavy atom. The Balaban J connectivity index is 1.62. The number of fused-ring (bicyclic) bond motifs is 1. The molecular formula is C31H31FN2O4. The lowest BCUT2D eigenvalue weighted by Crippen LogP contribution is -2.57. The lowest BCUT2D eigenvalue weighted by atomic mass is 9.76. The van der Waals surface area contributed by atoms with Gasteiger partial charge in [0.1, 0.15) is 17.2 Å². The highest BCUT2D eigenvalue weighted by atomic mass is 19.1. The van der Waals surface area contributed by atoms with Crippen molar-refractivity contribution in [2.75, 3.05) is 7.05 Å². The number of rotatable bonds is 7. The lowest BCUT2D eigenvalue weighted by molar-refractivity contribution is 0.0127. The first-order valence-corrected chi connectivity index (χ1v) is 12.9. The maximum Gasteiger partial charge on any atom is 0.255 e. The van der Waals surface area contributed by atoms with Crippen molar-refractivity contribution in [3.8, 4) is 22.5 Å². The number of nitrogens with one attached hydrogen (secondary N) is 2. The van der Waals surface area contributed by atoms with Crippen LogP contribution in [0.3, 0.4) is 0 Å². The van der Waals surface area contributed by atoms with Gasteiger partial charge in [0.25, 0.3) is 11.8 Å². The van der Waals surface area contributed by atoms with E-state index in [-0.39, 0.29) is 23.7 Å². The van der Waals surface area contributed by atoms with Crippen LogP contribution >= 0.6 is 0 Å². The molecule has 196 valence electrons. The predicted octanol–water partition coefficient (Wildman–Crippen LogP) is 5.86. The summed E-state index contributed by atoms with van der Waals surface area (Å²) in [6, 6.07) is 17.2. The van der Waals surface area contributed by atoms with Crippen LogP contribution in [0.1, 0.15) is 59.4 Å². The first-order valence-electron chi connectivity index (χ1n) is 12.9. The minimum atomic E-state index is -0.408. The Hall–Kier alpha value is -3.97. The van der Waals surface area contributed by atoms with Crippen LogP contribution < -0.4 is 10.6 Å². The van der Waals surface area contributed by atoms with Crippen molar-refractivity contribution in [3.63, 3.8) is 0 Å². The van der Waals surface area contributed by atoms with E-state index in [9.17, 15) is 19.1 Å². The Kier molecular flexibility index (Phi) is 6.80. The summed E-state index contributed by atoms with van der Waals surface area (Å²) in [5, 5.41) is 16.1. The number of amides is 2. The number of aryl methyl sites for hydroxylation is 1. The monoisotopic (exact) mass is 514 g/mol. The summed E-state index contributed by atoms with van der Waals surface area (Å²) in [7, 11) is 1.56. The third-order valence-corrected chi connectivity index (χ3v) is 7.22. The van der Waals surface area contributed by atoms with Crippen molar-refractivity contribution in [2.45, 2.75) is 51.2 Å². The Morgan fingerprint density at radius 1 is 1.05 bits per heavy atom. The summed E-state index contributed by atoms with van der Waals surface area (Å²) in [6.07, 6.45) is 2.37. The Morgan fingerprint density at radius 3 is 2.45 bits per heavy atom. The van der Waals surface area contributed by atoms with Crippen LogP contribution in [-0.2, 0) is 6.42 Å².